The molecule has 2 aromatic carbocycles. The third kappa shape index (κ3) is 4.66. The van der Waals surface area contributed by atoms with Crippen molar-refractivity contribution >= 4 is 17.5 Å². The van der Waals surface area contributed by atoms with Crippen LogP contribution in [0.5, 0.6) is 0 Å². The summed E-state index contributed by atoms with van der Waals surface area (Å²) in [5.41, 5.74) is 10.2. The Labute approximate surface area is 168 Å². The van der Waals surface area contributed by atoms with E-state index in [-0.39, 0.29) is 25.0 Å². The number of ketones is 1. The van der Waals surface area contributed by atoms with Crippen molar-refractivity contribution in [2.75, 3.05) is 7.11 Å². The molecule has 1 fully saturated rings. The Balaban J connectivity index is 1.80. The average molecular weight is 394 g/mol. The Kier molecular flexibility index (Phi) is 6.34. The van der Waals surface area contributed by atoms with Crippen LogP contribution < -0.4 is 0 Å². The van der Waals surface area contributed by atoms with E-state index in [2.05, 4.69) is 9.53 Å². The standard InChI is InChI=1S/C22H22N2O5/c1-22(14-13-17(25)18(24-23)21(26)27-2)28-19(15-9-5-3-6-10-15)20(29-22)16-11-7-4-8-12-16/h3-12,19-20H,13-14H2,1-2H3/t19-,20-/m1/s1. The van der Waals surface area contributed by atoms with E-state index in [9.17, 15) is 9.59 Å². The molecule has 0 bridgehead atoms. The SMILES string of the molecule is COC(=O)C(=[N+]=[N-])C(=O)CCC1(C)O[C@H](c2ccccc2)[C@@H](c2ccccc2)O1. The molecule has 0 aliphatic carbocycles. The molecule has 0 spiro atoms. The maximum absolute atomic E-state index is 12.3. The van der Waals surface area contributed by atoms with Crippen LogP contribution in [0.4, 0.5) is 0 Å². The van der Waals surface area contributed by atoms with Crippen molar-refractivity contribution in [3.63, 3.8) is 0 Å². The van der Waals surface area contributed by atoms with Crippen LogP contribution in [0.1, 0.15) is 43.1 Å². The molecule has 29 heavy (non-hydrogen) atoms. The zero-order valence-corrected chi connectivity index (χ0v) is 16.3. The van der Waals surface area contributed by atoms with E-state index < -0.39 is 23.3 Å². The number of benzene rings is 2. The normalized spacial score (nSPS) is 19.9. The van der Waals surface area contributed by atoms with Crippen LogP contribution in [0, 0.1) is 0 Å². The van der Waals surface area contributed by atoms with Crippen molar-refractivity contribution in [3.05, 3.63) is 77.3 Å². The van der Waals surface area contributed by atoms with Gasteiger partial charge in [0.2, 0.25) is 0 Å². The quantitative estimate of drug-likeness (QED) is 0.236. The van der Waals surface area contributed by atoms with Gasteiger partial charge in [-0.05, 0) is 18.1 Å². The van der Waals surface area contributed by atoms with Crippen LogP contribution in [-0.2, 0) is 23.8 Å². The topological polar surface area (TPSA) is 98.2 Å². The van der Waals surface area contributed by atoms with Crippen LogP contribution >= 0.6 is 0 Å². The van der Waals surface area contributed by atoms with Gasteiger partial charge in [-0.1, -0.05) is 60.7 Å². The van der Waals surface area contributed by atoms with Gasteiger partial charge < -0.3 is 19.7 Å². The van der Waals surface area contributed by atoms with Crippen molar-refractivity contribution in [1.29, 1.82) is 0 Å². The lowest BCUT2D eigenvalue weighted by Crippen LogP contribution is -2.31. The summed E-state index contributed by atoms with van der Waals surface area (Å²) in [6, 6.07) is 19.4. The summed E-state index contributed by atoms with van der Waals surface area (Å²) in [7, 11) is 1.11. The summed E-state index contributed by atoms with van der Waals surface area (Å²) >= 11 is 0. The van der Waals surface area contributed by atoms with Crippen LogP contribution in [0.3, 0.4) is 0 Å². The number of rotatable bonds is 7. The zero-order chi connectivity index (χ0) is 20.9. The highest BCUT2D eigenvalue weighted by Gasteiger charge is 2.46. The Hall–Kier alpha value is -3.12. The maximum atomic E-state index is 12.3. The molecule has 0 aromatic heterocycles. The Bertz CT molecular complexity index is 875. The zero-order valence-electron chi connectivity index (χ0n) is 16.3. The summed E-state index contributed by atoms with van der Waals surface area (Å²) in [5, 5.41) is 0. The van der Waals surface area contributed by atoms with Gasteiger partial charge in [-0.3, -0.25) is 4.79 Å². The number of hydrogen-bond donors (Lipinski definition) is 0. The molecule has 0 amide bonds. The fourth-order valence-corrected chi connectivity index (χ4v) is 3.34. The molecule has 7 nitrogen and oxygen atoms in total. The van der Waals surface area contributed by atoms with Crippen molar-refractivity contribution < 1.29 is 28.6 Å². The molecule has 1 aliphatic rings. The predicted octanol–water partition coefficient (Wildman–Crippen LogP) is 3.43. The molecule has 7 heteroatoms. The van der Waals surface area contributed by atoms with E-state index in [1.165, 1.54) is 0 Å². The molecule has 2 atom stereocenters. The van der Waals surface area contributed by atoms with Crippen molar-refractivity contribution in [1.82, 2.24) is 0 Å². The maximum Gasteiger partial charge on any atom is 0.441 e. The van der Waals surface area contributed by atoms with E-state index in [1.807, 2.05) is 60.7 Å². The van der Waals surface area contributed by atoms with Gasteiger partial charge in [0.25, 0.3) is 5.78 Å². The van der Waals surface area contributed by atoms with Gasteiger partial charge in [-0.15, -0.1) is 0 Å². The van der Waals surface area contributed by atoms with E-state index >= 15 is 0 Å². The van der Waals surface area contributed by atoms with Crippen molar-refractivity contribution in [2.45, 2.75) is 37.8 Å². The second-order valence-corrected chi connectivity index (χ2v) is 6.90. The Morgan fingerprint density at radius 3 is 1.90 bits per heavy atom. The molecule has 0 saturated carbocycles. The number of nitrogens with zero attached hydrogens (tertiary/aromatic N) is 2. The highest BCUT2D eigenvalue weighted by atomic mass is 16.8. The van der Waals surface area contributed by atoms with Crippen LogP contribution in [0.15, 0.2) is 60.7 Å². The molecule has 0 N–H and O–H groups in total. The molecule has 2 aromatic rings. The van der Waals surface area contributed by atoms with Crippen molar-refractivity contribution in [2.24, 2.45) is 0 Å². The number of carbonyl (C=O) groups is 2. The second kappa shape index (κ2) is 8.92. The number of Topliss-reactive ketones (excluding diaryl/α,β-unsaturated/α-hetero) is 1. The first-order valence-corrected chi connectivity index (χ1v) is 9.26. The summed E-state index contributed by atoms with van der Waals surface area (Å²) in [6.45, 7) is 1.76. The minimum Gasteiger partial charge on any atom is -0.460 e. The highest BCUT2D eigenvalue weighted by molar-refractivity contribution is 6.62. The predicted molar refractivity (Wildman–Crippen MR) is 104 cm³/mol. The number of ether oxygens (including phenoxy) is 3. The molecular formula is C22H22N2O5. The number of hydrogen-bond acceptors (Lipinski definition) is 5. The smallest absolute Gasteiger partial charge is 0.441 e. The highest BCUT2D eigenvalue weighted by Crippen LogP contribution is 2.48. The lowest BCUT2D eigenvalue weighted by atomic mass is 9.99. The Morgan fingerprint density at radius 1 is 1.00 bits per heavy atom. The van der Waals surface area contributed by atoms with Gasteiger partial charge in [0.1, 0.15) is 12.2 Å². The lowest BCUT2D eigenvalue weighted by molar-refractivity contribution is -0.169. The first kappa shape index (κ1) is 20.6. The third-order valence-electron chi connectivity index (χ3n) is 4.83. The molecule has 1 heterocycles. The van der Waals surface area contributed by atoms with E-state index in [1.54, 1.807) is 6.92 Å². The summed E-state index contributed by atoms with van der Waals surface area (Å²) < 4.78 is 17.0. The molecule has 0 radical (unpaired) electrons. The van der Waals surface area contributed by atoms with E-state index in [4.69, 9.17) is 15.0 Å². The molecule has 150 valence electrons. The summed E-state index contributed by atoms with van der Waals surface area (Å²) in [5.74, 6) is -2.69. The molecule has 1 aliphatic heterocycles. The van der Waals surface area contributed by atoms with Gasteiger partial charge in [0.15, 0.2) is 5.79 Å². The fraction of sp³-hybridized carbons (Fsp3) is 0.318. The molecule has 1 saturated heterocycles. The van der Waals surface area contributed by atoms with E-state index in [0.717, 1.165) is 18.2 Å². The van der Waals surface area contributed by atoms with E-state index in [0.29, 0.717) is 0 Å². The monoisotopic (exact) mass is 394 g/mol. The lowest BCUT2D eigenvalue weighted by Gasteiger charge is -2.22. The fourth-order valence-electron chi connectivity index (χ4n) is 3.34. The minimum absolute atomic E-state index is 0.103. The summed E-state index contributed by atoms with van der Waals surface area (Å²) in [4.78, 5) is 26.6. The molecule has 3 rings (SSSR count). The van der Waals surface area contributed by atoms with Gasteiger partial charge in [0, 0.05) is 12.8 Å². The average Bonchev–Trinajstić information content (AvgIpc) is 3.12. The Morgan fingerprint density at radius 2 is 1.48 bits per heavy atom. The molecule has 0 unspecified atom stereocenters. The number of esters is 1. The summed E-state index contributed by atoms with van der Waals surface area (Å²) in [6.07, 6.45) is -0.640. The molecular weight excluding hydrogens is 372 g/mol. The van der Waals surface area contributed by atoms with Crippen LogP contribution in [0.2, 0.25) is 0 Å². The second-order valence-electron chi connectivity index (χ2n) is 6.90. The van der Waals surface area contributed by atoms with Crippen LogP contribution in [-0.4, -0.2) is 35.2 Å². The van der Waals surface area contributed by atoms with Gasteiger partial charge in [0.05, 0.1) is 7.11 Å². The first-order chi connectivity index (χ1) is 14.0. The largest absolute Gasteiger partial charge is 0.460 e. The van der Waals surface area contributed by atoms with Gasteiger partial charge >= 0.3 is 11.7 Å². The van der Waals surface area contributed by atoms with Gasteiger partial charge in [-0.25, -0.2) is 4.79 Å². The minimum atomic E-state index is -1.06. The first-order valence-electron chi connectivity index (χ1n) is 9.26. The van der Waals surface area contributed by atoms with Gasteiger partial charge in [-0.2, -0.15) is 4.79 Å². The third-order valence-corrected chi connectivity index (χ3v) is 4.83. The number of carbonyl (C=O) groups excluding carboxylic acids is 2. The number of methoxy groups -OCH3 is 1. The van der Waals surface area contributed by atoms with Crippen molar-refractivity contribution in [3.8, 4) is 0 Å². The van der Waals surface area contributed by atoms with Crippen LogP contribution in [0.25, 0.3) is 5.53 Å².